The molecular weight excluding hydrogens is 445 g/mol. The fourth-order valence-electron chi connectivity index (χ4n) is 3.42. The van der Waals surface area contributed by atoms with Crippen LogP contribution in [0.3, 0.4) is 0 Å². The molecule has 0 radical (unpaired) electrons. The van der Waals surface area contributed by atoms with Crippen LogP contribution in [-0.4, -0.2) is 10.9 Å². The molecule has 2 heterocycles. The fraction of sp³-hybridized carbons (Fsp3) is 0. The number of fused-ring (bicyclic) bond motifs is 1. The SMILES string of the molecule is O=C(C=Cc1ccc2noc(-c3ccccc3)c2c1)c1ccc(-c2ccc(Cl)cc2Cl)o1. The van der Waals surface area contributed by atoms with Gasteiger partial charge >= 0.3 is 0 Å². The largest absolute Gasteiger partial charge is 0.453 e. The molecule has 0 amide bonds. The standard InChI is InChI=1S/C26H15Cl2NO3/c27-18-8-9-19(21(28)15-18)24-12-13-25(31-24)23(30)11-7-16-6-10-22-20(14-16)26(32-29-22)17-4-2-1-3-5-17/h1-15H. The van der Waals surface area contributed by atoms with Crippen LogP contribution in [0.25, 0.3) is 39.6 Å². The molecule has 0 atom stereocenters. The van der Waals surface area contributed by atoms with Gasteiger partial charge in [-0.1, -0.05) is 70.8 Å². The minimum atomic E-state index is -0.255. The van der Waals surface area contributed by atoms with Crippen molar-refractivity contribution < 1.29 is 13.7 Å². The minimum Gasteiger partial charge on any atom is -0.453 e. The van der Waals surface area contributed by atoms with Gasteiger partial charge < -0.3 is 8.94 Å². The van der Waals surface area contributed by atoms with Gasteiger partial charge in [0.15, 0.2) is 11.5 Å². The highest BCUT2D eigenvalue weighted by molar-refractivity contribution is 6.36. The Morgan fingerprint density at radius 1 is 0.906 bits per heavy atom. The maximum absolute atomic E-state index is 12.6. The molecule has 0 saturated heterocycles. The zero-order chi connectivity index (χ0) is 22.1. The number of furan rings is 1. The molecule has 0 spiro atoms. The van der Waals surface area contributed by atoms with E-state index < -0.39 is 0 Å². The van der Waals surface area contributed by atoms with Crippen LogP contribution in [0.5, 0.6) is 0 Å². The number of allylic oxidation sites excluding steroid dienone is 1. The smallest absolute Gasteiger partial charge is 0.221 e. The monoisotopic (exact) mass is 459 g/mol. The number of hydrogen-bond acceptors (Lipinski definition) is 4. The molecule has 156 valence electrons. The molecule has 5 aromatic rings. The molecular formula is C26H15Cl2NO3. The first-order chi connectivity index (χ1) is 15.6. The number of benzene rings is 3. The highest BCUT2D eigenvalue weighted by Crippen LogP contribution is 2.32. The van der Waals surface area contributed by atoms with Crippen LogP contribution in [0, 0.1) is 0 Å². The second-order valence-corrected chi connectivity index (χ2v) is 7.98. The van der Waals surface area contributed by atoms with E-state index in [1.54, 1.807) is 36.4 Å². The Morgan fingerprint density at radius 3 is 2.56 bits per heavy atom. The van der Waals surface area contributed by atoms with E-state index in [4.69, 9.17) is 32.1 Å². The Morgan fingerprint density at radius 2 is 1.75 bits per heavy atom. The number of aromatic nitrogens is 1. The predicted octanol–water partition coefficient (Wildman–Crippen LogP) is 7.96. The third kappa shape index (κ3) is 3.98. The van der Waals surface area contributed by atoms with Gasteiger partial charge in [0.1, 0.15) is 11.3 Å². The lowest BCUT2D eigenvalue weighted by Gasteiger charge is -2.01. The van der Waals surface area contributed by atoms with Gasteiger partial charge in [-0.05, 0) is 54.1 Å². The summed E-state index contributed by atoms with van der Waals surface area (Å²) < 4.78 is 11.3. The van der Waals surface area contributed by atoms with E-state index in [1.165, 1.54) is 6.08 Å². The average Bonchev–Trinajstić information content (AvgIpc) is 3.45. The lowest BCUT2D eigenvalue weighted by atomic mass is 10.1. The van der Waals surface area contributed by atoms with E-state index >= 15 is 0 Å². The van der Waals surface area contributed by atoms with Crippen LogP contribution in [0.2, 0.25) is 10.0 Å². The second-order valence-electron chi connectivity index (χ2n) is 7.14. The van der Waals surface area contributed by atoms with E-state index in [1.807, 2.05) is 48.5 Å². The molecule has 2 aromatic heterocycles. The summed E-state index contributed by atoms with van der Waals surface area (Å²) in [5.41, 5.74) is 3.21. The molecule has 5 rings (SSSR count). The Hall–Kier alpha value is -3.60. The van der Waals surface area contributed by atoms with Crippen LogP contribution >= 0.6 is 23.2 Å². The summed E-state index contributed by atoms with van der Waals surface area (Å²) in [6.45, 7) is 0. The predicted molar refractivity (Wildman–Crippen MR) is 127 cm³/mol. The van der Waals surface area contributed by atoms with Gasteiger partial charge in [-0.15, -0.1) is 0 Å². The summed E-state index contributed by atoms with van der Waals surface area (Å²) >= 11 is 12.2. The summed E-state index contributed by atoms with van der Waals surface area (Å²) in [5, 5.41) is 5.99. The Balaban J connectivity index is 1.40. The molecule has 0 saturated carbocycles. The summed E-state index contributed by atoms with van der Waals surface area (Å²) in [4.78, 5) is 12.6. The highest BCUT2D eigenvalue weighted by atomic mass is 35.5. The number of hydrogen-bond donors (Lipinski definition) is 0. The summed E-state index contributed by atoms with van der Waals surface area (Å²) in [6.07, 6.45) is 3.21. The number of carbonyl (C=O) groups excluding carboxylic acids is 1. The van der Waals surface area contributed by atoms with Gasteiger partial charge in [0, 0.05) is 16.1 Å². The zero-order valence-corrected chi connectivity index (χ0v) is 18.1. The summed E-state index contributed by atoms with van der Waals surface area (Å²) in [5.74, 6) is 1.16. The fourth-order valence-corrected chi connectivity index (χ4v) is 3.92. The average molecular weight is 460 g/mol. The number of rotatable bonds is 5. The van der Waals surface area contributed by atoms with Gasteiger partial charge in [-0.25, -0.2) is 0 Å². The minimum absolute atomic E-state index is 0.221. The van der Waals surface area contributed by atoms with Crippen molar-refractivity contribution in [3.8, 4) is 22.6 Å². The zero-order valence-electron chi connectivity index (χ0n) is 16.6. The first-order valence-corrected chi connectivity index (χ1v) is 10.6. The van der Waals surface area contributed by atoms with Crippen molar-refractivity contribution in [1.82, 2.24) is 5.16 Å². The second kappa shape index (κ2) is 8.50. The van der Waals surface area contributed by atoms with Gasteiger partial charge in [-0.3, -0.25) is 4.79 Å². The van der Waals surface area contributed by atoms with E-state index in [-0.39, 0.29) is 11.5 Å². The molecule has 0 aliphatic carbocycles. The molecule has 6 heteroatoms. The Kier molecular flexibility index (Phi) is 5.39. The van der Waals surface area contributed by atoms with Crippen LogP contribution < -0.4 is 0 Å². The summed E-state index contributed by atoms with van der Waals surface area (Å²) in [7, 11) is 0. The lowest BCUT2D eigenvalue weighted by Crippen LogP contribution is -1.90. The van der Waals surface area contributed by atoms with Crippen molar-refractivity contribution in [2.24, 2.45) is 0 Å². The molecule has 0 aliphatic rings. The molecule has 0 unspecified atom stereocenters. The molecule has 32 heavy (non-hydrogen) atoms. The van der Waals surface area contributed by atoms with E-state index in [2.05, 4.69) is 5.16 Å². The normalized spacial score (nSPS) is 11.4. The number of nitrogens with zero attached hydrogens (tertiary/aromatic N) is 1. The maximum Gasteiger partial charge on any atom is 0.221 e. The van der Waals surface area contributed by atoms with Crippen molar-refractivity contribution in [2.45, 2.75) is 0 Å². The molecule has 0 fully saturated rings. The molecule has 0 aliphatic heterocycles. The van der Waals surface area contributed by atoms with Crippen molar-refractivity contribution in [3.05, 3.63) is 106 Å². The van der Waals surface area contributed by atoms with Gasteiger partial charge in [-0.2, -0.15) is 0 Å². The van der Waals surface area contributed by atoms with Gasteiger partial charge in [0.05, 0.1) is 10.4 Å². The highest BCUT2D eigenvalue weighted by Gasteiger charge is 2.13. The summed E-state index contributed by atoms with van der Waals surface area (Å²) in [6, 6.07) is 23.9. The Labute approximate surface area is 193 Å². The van der Waals surface area contributed by atoms with Crippen LogP contribution in [0.4, 0.5) is 0 Å². The van der Waals surface area contributed by atoms with Crippen molar-refractivity contribution in [2.75, 3.05) is 0 Å². The number of halogens is 2. The van der Waals surface area contributed by atoms with E-state index in [0.29, 0.717) is 27.1 Å². The van der Waals surface area contributed by atoms with Crippen LogP contribution in [-0.2, 0) is 0 Å². The molecule has 0 bridgehead atoms. The third-order valence-electron chi connectivity index (χ3n) is 5.01. The van der Waals surface area contributed by atoms with Gasteiger partial charge in [0.2, 0.25) is 5.78 Å². The van der Waals surface area contributed by atoms with Crippen LogP contribution in [0.1, 0.15) is 16.1 Å². The first-order valence-electron chi connectivity index (χ1n) is 9.81. The molecule has 3 aromatic carbocycles. The van der Waals surface area contributed by atoms with Crippen molar-refractivity contribution in [1.29, 1.82) is 0 Å². The lowest BCUT2D eigenvalue weighted by molar-refractivity contribution is 0.102. The number of ketones is 1. The molecule has 0 N–H and O–H groups in total. The van der Waals surface area contributed by atoms with Crippen molar-refractivity contribution >= 4 is 46.0 Å². The maximum atomic E-state index is 12.6. The van der Waals surface area contributed by atoms with Crippen molar-refractivity contribution in [3.63, 3.8) is 0 Å². The quantitative estimate of drug-likeness (QED) is 0.197. The van der Waals surface area contributed by atoms with Gasteiger partial charge in [0.25, 0.3) is 0 Å². The van der Waals surface area contributed by atoms with E-state index in [0.717, 1.165) is 22.0 Å². The first kappa shape index (κ1) is 20.3. The number of carbonyl (C=O) groups is 1. The Bertz CT molecular complexity index is 1470. The van der Waals surface area contributed by atoms with Crippen LogP contribution in [0.15, 0.2) is 93.9 Å². The molecule has 4 nitrogen and oxygen atoms in total. The topological polar surface area (TPSA) is 56.2 Å². The van der Waals surface area contributed by atoms with E-state index in [9.17, 15) is 4.79 Å². The third-order valence-corrected chi connectivity index (χ3v) is 5.56.